The van der Waals surface area contributed by atoms with Crippen molar-refractivity contribution >= 4 is 40.2 Å². The molecule has 3 heterocycles. The number of hydrogen-bond acceptors (Lipinski definition) is 6. The third-order valence-corrected chi connectivity index (χ3v) is 9.75. The number of anilines is 2. The van der Waals surface area contributed by atoms with Gasteiger partial charge in [-0.3, -0.25) is 24.3 Å². The highest BCUT2D eigenvalue weighted by atomic mass is 16.5. The number of methoxy groups -OCH3 is 1. The van der Waals surface area contributed by atoms with Crippen LogP contribution >= 0.6 is 0 Å². The van der Waals surface area contributed by atoms with E-state index in [1.165, 1.54) is 12.0 Å². The van der Waals surface area contributed by atoms with Crippen LogP contribution in [-0.4, -0.2) is 101 Å². The SMILES string of the molecule is COc1c(NC(=O)c2cc3cccc(CN4CCN(C(=O)C5CCCN5C)CC4)c3n2C)cc(C(C)(C)C)cc1N(C(=O)O)C(C)(C)C. The fourth-order valence-corrected chi connectivity index (χ4v) is 7.10. The number of piperazine rings is 1. The number of ether oxygens (including phenoxy) is 1. The van der Waals surface area contributed by atoms with Gasteiger partial charge < -0.3 is 24.6 Å². The van der Waals surface area contributed by atoms with E-state index in [0.717, 1.165) is 54.5 Å². The molecule has 2 fully saturated rings. The van der Waals surface area contributed by atoms with Crippen LogP contribution in [0, 0.1) is 0 Å². The summed E-state index contributed by atoms with van der Waals surface area (Å²) < 4.78 is 7.72. The number of rotatable bonds is 7. The number of para-hydroxylation sites is 1. The summed E-state index contributed by atoms with van der Waals surface area (Å²) in [5.41, 5.74) is 3.11. The van der Waals surface area contributed by atoms with Crippen LogP contribution < -0.4 is 15.0 Å². The number of carbonyl (C=O) groups excluding carboxylic acids is 2. The third-order valence-electron chi connectivity index (χ3n) is 9.75. The first-order valence-electron chi connectivity index (χ1n) is 16.9. The zero-order valence-corrected chi connectivity index (χ0v) is 30.0. The minimum atomic E-state index is -1.11. The molecule has 11 nitrogen and oxygen atoms in total. The van der Waals surface area contributed by atoms with E-state index in [0.29, 0.717) is 36.7 Å². The van der Waals surface area contributed by atoms with Crippen LogP contribution in [0.25, 0.3) is 10.9 Å². The molecule has 3 aromatic rings. The van der Waals surface area contributed by atoms with E-state index in [1.54, 1.807) is 0 Å². The predicted octanol–water partition coefficient (Wildman–Crippen LogP) is 5.76. The van der Waals surface area contributed by atoms with Gasteiger partial charge in [-0.15, -0.1) is 0 Å². The minimum Gasteiger partial charge on any atom is -0.492 e. The molecular weight excluding hydrogens is 608 g/mol. The summed E-state index contributed by atoms with van der Waals surface area (Å²) >= 11 is 0. The van der Waals surface area contributed by atoms with Gasteiger partial charge in [-0.05, 0) is 81.9 Å². The lowest BCUT2D eigenvalue weighted by atomic mass is 9.86. The highest BCUT2D eigenvalue weighted by Gasteiger charge is 2.35. The fraction of sp³-hybridized carbons (Fsp3) is 0.541. The zero-order chi connectivity index (χ0) is 35.1. The van der Waals surface area contributed by atoms with E-state index in [9.17, 15) is 19.5 Å². The summed E-state index contributed by atoms with van der Waals surface area (Å²) in [6.45, 7) is 16.3. The molecule has 3 amide bonds. The molecule has 1 aromatic heterocycles. The van der Waals surface area contributed by atoms with Crippen LogP contribution in [0.3, 0.4) is 0 Å². The maximum atomic E-state index is 14.0. The molecule has 0 saturated carbocycles. The maximum Gasteiger partial charge on any atom is 0.412 e. The van der Waals surface area contributed by atoms with E-state index in [-0.39, 0.29) is 29.0 Å². The topological polar surface area (TPSA) is 111 Å². The lowest BCUT2D eigenvalue weighted by Gasteiger charge is -2.37. The smallest absolute Gasteiger partial charge is 0.412 e. The number of nitrogens with zero attached hydrogens (tertiary/aromatic N) is 5. The van der Waals surface area contributed by atoms with E-state index >= 15 is 0 Å². The van der Waals surface area contributed by atoms with E-state index < -0.39 is 11.6 Å². The number of likely N-dealkylation sites (N-methyl/N-ethyl adjacent to an activating group) is 1. The molecule has 260 valence electrons. The van der Waals surface area contributed by atoms with Crippen LogP contribution in [0.5, 0.6) is 5.75 Å². The number of benzene rings is 2. The second-order valence-corrected chi connectivity index (χ2v) is 15.3. The third kappa shape index (κ3) is 7.03. The molecule has 11 heteroatoms. The van der Waals surface area contributed by atoms with Gasteiger partial charge in [0.15, 0.2) is 5.75 Å². The monoisotopic (exact) mass is 660 g/mol. The number of likely N-dealkylation sites (tertiary alicyclic amines) is 1. The molecule has 2 aromatic carbocycles. The Balaban J connectivity index is 1.40. The number of hydrogen-bond donors (Lipinski definition) is 2. The van der Waals surface area contributed by atoms with Crippen molar-refractivity contribution in [2.45, 2.75) is 77.9 Å². The van der Waals surface area contributed by atoms with Crippen molar-refractivity contribution in [2.24, 2.45) is 7.05 Å². The van der Waals surface area contributed by atoms with E-state index in [1.807, 2.05) is 95.4 Å². The Bertz CT molecular complexity index is 1690. The average Bonchev–Trinajstić information content (AvgIpc) is 3.59. The van der Waals surface area contributed by atoms with Crippen molar-refractivity contribution in [3.8, 4) is 5.75 Å². The van der Waals surface area contributed by atoms with Gasteiger partial charge in [0.25, 0.3) is 5.91 Å². The molecule has 1 atom stereocenters. The second-order valence-electron chi connectivity index (χ2n) is 15.3. The van der Waals surface area contributed by atoms with Crippen molar-refractivity contribution < 1.29 is 24.2 Å². The number of aryl methyl sites for hydroxylation is 1. The van der Waals surface area contributed by atoms with Gasteiger partial charge in [-0.2, -0.15) is 0 Å². The molecule has 0 aliphatic carbocycles. The van der Waals surface area contributed by atoms with Gasteiger partial charge in [-0.1, -0.05) is 39.0 Å². The average molecular weight is 661 g/mol. The zero-order valence-electron chi connectivity index (χ0n) is 30.0. The molecule has 48 heavy (non-hydrogen) atoms. The van der Waals surface area contributed by atoms with Gasteiger partial charge >= 0.3 is 6.09 Å². The number of nitrogens with one attached hydrogen (secondary N) is 1. The molecule has 2 aliphatic rings. The standard InChI is InChI=1S/C37H52N6O5/c1-36(2,3)26-21-27(32(48-9)29(22-26)43(35(46)47)37(4,5)6)38-33(44)30-20-24-12-10-13-25(31(24)40(30)8)23-41-16-18-42(19-17-41)34(45)28-14-11-15-39(28)7/h10,12-13,20-22,28H,11,14-19,23H2,1-9H3,(H,38,44)(H,46,47). The van der Waals surface area contributed by atoms with Crippen LogP contribution in [-0.2, 0) is 23.8 Å². The summed E-state index contributed by atoms with van der Waals surface area (Å²) in [6.07, 6.45) is 0.903. The largest absolute Gasteiger partial charge is 0.492 e. The van der Waals surface area contributed by atoms with Gasteiger partial charge in [0.05, 0.1) is 30.0 Å². The normalized spacial score (nSPS) is 17.9. The van der Waals surface area contributed by atoms with E-state index in [2.05, 4.69) is 21.2 Å². The Hall–Kier alpha value is -4.09. The molecule has 1 unspecified atom stereocenters. The summed E-state index contributed by atoms with van der Waals surface area (Å²) in [7, 11) is 5.42. The highest BCUT2D eigenvalue weighted by molar-refractivity contribution is 6.08. The lowest BCUT2D eigenvalue weighted by Crippen LogP contribution is -2.52. The van der Waals surface area contributed by atoms with Crippen molar-refractivity contribution in [3.63, 3.8) is 0 Å². The van der Waals surface area contributed by atoms with Crippen LogP contribution in [0.4, 0.5) is 16.2 Å². The number of amides is 3. The van der Waals surface area contributed by atoms with Gasteiger partial charge in [0.2, 0.25) is 5.91 Å². The molecule has 2 saturated heterocycles. The highest BCUT2D eigenvalue weighted by Crippen LogP contribution is 2.43. The first-order valence-corrected chi connectivity index (χ1v) is 16.9. The number of aromatic nitrogens is 1. The van der Waals surface area contributed by atoms with Gasteiger partial charge in [0.1, 0.15) is 5.69 Å². The Morgan fingerprint density at radius 3 is 2.23 bits per heavy atom. The molecular formula is C37H52N6O5. The molecule has 0 bridgehead atoms. The Kier molecular flexibility index (Phi) is 9.86. The summed E-state index contributed by atoms with van der Waals surface area (Å²) in [4.78, 5) is 47.5. The molecule has 5 rings (SSSR count). The molecule has 2 aliphatic heterocycles. The quantitative estimate of drug-likeness (QED) is 0.332. The summed E-state index contributed by atoms with van der Waals surface area (Å²) in [5, 5.41) is 14.3. The van der Waals surface area contributed by atoms with Crippen LogP contribution in [0.1, 0.15) is 76.0 Å². The number of carboxylic acid groups (broad SMARTS) is 1. The number of carbonyl (C=O) groups is 3. The lowest BCUT2D eigenvalue weighted by molar-refractivity contribution is -0.137. The van der Waals surface area contributed by atoms with Crippen LogP contribution in [0.2, 0.25) is 0 Å². The second kappa shape index (κ2) is 13.4. The van der Waals surface area contributed by atoms with Crippen molar-refractivity contribution in [2.75, 3.05) is 57.1 Å². The first kappa shape index (κ1) is 35.2. The fourth-order valence-electron chi connectivity index (χ4n) is 7.10. The maximum absolute atomic E-state index is 14.0. The molecule has 0 spiro atoms. The Morgan fingerprint density at radius 1 is 0.979 bits per heavy atom. The Morgan fingerprint density at radius 2 is 1.67 bits per heavy atom. The minimum absolute atomic E-state index is 0.00956. The predicted molar refractivity (Wildman–Crippen MR) is 190 cm³/mol. The number of fused-ring (bicyclic) bond motifs is 1. The Labute approximate surface area is 284 Å². The molecule has 2 N–H and O–H groups in total. The van der Waals surface area contributed by atoms with Crippen molar-refractivity contribution in [1.29, 1.82) is 0 Å². The summed E-state index contributed by atoms with van der Waals surface area (Å²) in [6, 6.07) is 11.7. The van der Waals surface area contributed by atoms with Crippen LogP contribution in [0.15, 0.2) is 36.4 Å². The molecule has 0 radical (unpaired) electrons. The first-order chi connectivity index (χ1) is 22.5. The van der Waals surface area contributed by atoms with E-state index in [4.69, 9.17) is 4.74 Å². The van der Waals surface area contributed by atoms with Gasteiger partial charge in [0, 0.05) is 50.7 Å². The van der Waals surface area contributed by atoms with Crippen molar-refractivity contribution in [1.82, 2.24) is 19.3 Å². The van der Waals surface area contributed by atoms with Crippen molar-refractivity contribution in [3.05, 3.63) is 53.2 Å². The summed E-state index contributed by atoms with van der Waals surface area (Å²) in [5.74, 6) is 0.211. The van der Waals surface area contributed by atoms with Gasteiger partial charge in [-0.25, -0.2) is 4.79 Å².